The van der Waals surface area contributed by atoms with Gasteiger partial charge in [-0.1, -0.05) is 36.4 Å². The van der Waals surface area contributed by atoms with Gasteiger partial charge in [-0.2, -0.15) is 0 Å². The third-order valence-electron chi connectivity index (χ3n) is 6.08. The second kappa shape index (κ2) is 9.51. The van der Waals surface area contributed by atoms with E-state index >= 15 is 0 Å². The van der Waals surface area contributed by atoms with E-state index in [0.29, 0.717) is 29.1 Å². The van der Waals surface area contributed by atoms with Crippen LogP contribution in [-0.4, -0.2) is 43.2 Å². The van der Waals surface area contributed by atoms with E-state index in [1.54, 1.807) is 26.4 Å². The van der Waals surface area contributed by atoms with Crippen molar-refractivity contribution in [2.75, 3.05) is 14.2 Å². The molecule has 1 amide bonds. The second-order valence-electron chi connectivity index (χ2n) is 7.73. The van der Waals surface area contributed by atoms with Gasteiger partial charge < -0.3 is 14.8 Å². The summed E-state index contributed by atoms with van der Waals surface area (Å²) in [6.45, 7) is 1.00. The van der Waals surface area contributed by atoms with Gasteiger partial charge in [-0.05, 0) is 43.4 Å². The lowest BCUT2D eigenvalue weighted by Crippen LogP contribution is -2.50. The zero-order valence-corrected chi connectivity index (χ0v) is 17.8. The SMILES string of the molecule is COc1cccc(C(=O)NC2CC3CCC(C2)N3Cc2ccccc2)c1OC.Cl. The van der Waals surface area contributed by atoms with Crippen molar-refractivity contribution in [2.45, 2.75) is 50.4 Å². The zero-order valence-electron chi connectivity index (χ0n) is 17.0. The predicted octanol–water partition coefficient (Wildman–Crippen LogP) is 4.05. The molecule has 2 saturated heterocycles. The number of carbonyl (C=O) groups excluding carboxylic acids is 1. The Balaban J connectivity index is 0.00000240. The first-order valence-electron chi connectivity index (χ1n) is 10.0. The van der Waals surface area contributed by atoms with Crippen LogP contribution in [0.25, 0.3) is 0 Å². The summed E-state index contributed by atoms with van der Waals surface area (Å²) in [5, 5.41) is 3.25. The summed E-state index contributed by atoms with van der Waals surface area (Å²) in [4.78, 5) is 15.5. The summed E-state index contributed by atoms with van der Waals surface area (Å²) in [6.07, 6.45) is 4.43. The number of hydrogen-bond acceptors (Lipinski definition) is 4. The van der Waals surface area contributed by atoms with Gasteiger partial charge in [0, 0.05) is 24.7 Å². The number of para-hydroxylation sites is 1. The van der Waals surface area contributed by atoms with Gasteiger partial charge >= 0.3 is 0 Å². The molecule has 5 nitrogen and oxygen atoms in total. The number of piperidine rings is 1. The molecule has 156 valence electrons. The molecule has 0 aromatic heterocycles. The van der Waals surface area contributed by atoms with E-state index in [-0.39, 0.29) is 24.4 Å². The molecule has 2 bridgehead atoms. The Labute approximate surface area is 178 Å². The molecule has 0 radical (unpaired) electrons. The van der Waals surface area contributed by atoms with Crippen molar-refractivity contribution in [3.05, 3.63) is 59.7 Å². The van der Waals surface area contributed by atoms with Gasteiger partial charge in [0.15, 0.2) is 11.5 Å². The van der Waals surface area contributed by atoms with Crippen molar-refractivity contribution in [1.82, 2.24) is 10.2 Å². The van der Waals surface area contributed by atoms with Crippen LogP contribution in [0.1, 0.15) is 41.6 Å². The summed E-state index contributed by atoms with van der Waals surface area (Å²) in [5.41, 5.74) is 1.89. The molecule has 2 unspecified atom stereocenters. The number of amides is 1. The van der Waals surface area contributed by atoms with Crippen LogP contribution < -0.4 is 14.8 Å². The largest absolute Gasteiger partial charge is 0.493 e. The molecule has 2 heterocycles. The molecule has 0 saturated carbocycles. The van der Waals surface area contributed by atoms with Crippen LogP contribution in [0.5, 0.6) is 11.5 Å². The first-order valence-corrected chi connectivity index (χ1v) is 10.0. The molecule has 0 aliphatic carbocycles. The zero-order chi connectivity index (χ0) is 19.5. The number of benzene rings is 2. The van der Waals surface area contributed by atoms with Gasteiger partial charge in [-0.3, -0.25) is 9.69 Å². The molecule has 4 rings (SSSR count). The van der Waals surface area contributed by atoms with Gasteiger partial charge in [0.05, 0.1) is 19.8 Å². The van der Waals surface area contributed by atoms with E-state index in [1.165, 1.54) is 18.4 Å². The molecule has 2 aliphatic heterocycles. The minimum absolute atomic E-state index is 0. The minimum Gasteiger partial charge on any atom is -0.493 e. The summed E-state index contributed by atoms with van der Waals surface area (Å²) >= 11 is 0. The quantitative estimate of drug-likeness (QED) is 0.771. The van der Waals surface area contributed by atoms with Crippen molar-refractivity contribution in [3.8, 4) is 11.5 Å². The third kappa shape index (κ3) is 4.51. The molecule has 6 heteroatoms. The fraction of sp³-hybridized carbons (Fsp3) is 0.435. The summed E-state index contributed by atoms with van der Waals surface area (Å²) in [7, 11) is 3.15. The van der Waals surface area contributed by atoms with Gasteiger partial charge in [0.2, 0.25) is 0 Å². The monoisotopic (exact) mass is 416 g/mol. The Morgan fingerprint density at radius 2 is 1.69 bits per heavy atom. The third-order valence-corrected chi connectivity index (χ3v) is 6.08. The molecule has 2 aliphatic rings. The number of nitrogens with one attached hydrogen (secondary N) is 1. The lowest BCUT2D eigenvalue weighted by atomic mass is 9.96. The molecule has 2 aromatic carbocycles. The highest BCUT2D eigenvalue weighted by Gasteiger charge is 2.41. The minimum atomic E-state index is -0.0864. The number of hydrogen-bond donors (Lipinski definition) is 1. The Kier molecular flexibility index (Phi) is 7.04. The predicted molar refractivity (Wildman–Crippen MR) is 116 cm³/mol. The molecule has 2 atom stereocenters. The fourth-order valence-electron chi connectivity index (χ4n) is 4.77. The topological polar surface area (TPSA) is 50.8 Å². The number of ether oxygens (including phenoxy) is 2. The van der Waals surface area contributed by atoms with Gasteiger partial charge in [0.25, 0.3) is 5.91 Å². The number of methoxy groups -OCH3 is 2. The second-order valence-corrected chi connectivity index (χ2v) is 7.73. The first-order chi connectivity index (χ1) is 13.7. The standard InChI is InChI=1S/C23H28N2O3.ClH/c1-27-21-10-6-9-20(22(21)28-2)23(26)24-17-13-18-11-12-19(14-17)25(18)15-16-7-4-3-5-8-16;/h3-10,17-19H,11-15H2,1-2H3,(H,24,26);1H. The maximum atomic E-state index is 12.9. The maximum Gasteiger partial charge on any atom is 0.255 e. The number of halogens is 1. The average Bonchev–Trinajstić information content (AvgIpc) is 2.96. The van der Waals surface area contributed by atoms with Crippen LogP contribution >= 0.6 is 12.4 Å². The maximum absolute atomic E-state index is 12.9. The van der Waals surface area contributed by atoms with E-state index in [2.05, 4.69) is 40.5 Å². The first kappa shape index (κ1) is 21.5. The van der Waals surface area contributed by atoms with E-state index in [4.69, 9.17) is 9.47 Å². The van der Waals surface area contributed by atoms with Crippen LogP contribution in [0.4, 0.5) is 0 Å². The normalized spacial score (nSPS) is 23.2. The van der Waals surface area contributed by atoms with Gasteiger partial charge in [0.1, 0.15) is 0 Å². The average molecular weight is 417 g/mol. The Hall–Kier alpha value is -2.24. The van der Waals surface area contributed by atoms with Gasteiger partial charge in [-0.15, -0.1) is 12.4 Å². The van der Waals surface area contributed by atoms with E-state index in [1.807, 2.05) is 6.07 Å². The number of nitrogens with zero attached hydrogens (tertiary/aromatic N) is 1. The van der Waals surface area contributed by atoms with Crippen molar-refractivity contribution < 1.29 is 14.3 Å². The molecule has 0 spiro atoms. The van der Waals surface area contributed by atoms with Crippen molar-refractivity contribution >= 4 is 18.3 Å². The molecule has 29 heavy (non-hydrogen) atoms. The molecule has 2 aromatic rings. The number of carbonyl (C=O) groups is 1. The Morgan fingerprint density at radius 3 is 2.31 bits per heavy atom. The van der Waals surface area contributed by atoms with Gasteiger partial charge in [-0.25, -0.2) is 0 Å². The number of rotatable bonds is 6. The Morgan fingerprint density at radius 1 is 1.00 bits per heavy atom. The fourth-order valence-corrected chi connectivity index (χ4v) is 4.77. The van der Waals surface area contributed by atoms with Crippen LogP contribution in [0, 0.1) is 0 Å². The summed E-state index contributed by atoms with van der Waals surface area (Å²) < 4.78 is 10.7. The molecule has 2 fully saturated rings. The van der Waals surface area contributed by atoms with Crippen LogP contribution in [-0.2, 0) is 6.54 Å². The van der Waals surface area contributed by atoms with Crippen LogP contribution in [0.2, 0.25) is 0 Å². The summed E-state index contributed by atoms with van der Waals surface area (Å²) in [5.74, 6) is 0.983. The highest BCUT2D eigenvalue weighted by Crippen LogP contribution is 2.37. The van der Waals surface area contributed by atoms with Crippen molar-refractivity contribution in [1.29, 1.82) is 0 Å². The summed E-state index contributed by atoms with van der Waals surface area (Å²) in [6, 6.07) is 17.4. The van der Waals surface area contributed by atoms with E-state index < -0.39 is 0 Å². The van der Waals surface area contributed by atoms with Crippen LogP contribution in [0.15, 0.2) is 48.5 Å². The highest BCUT2D eigenvalue weighted by molar-refractivity contribution is 5.98. The van der Waals surface area contributed by atoms with E-state index in [0.717, 1.165) is 19.4 Å². The lowest BCUT2D eigenvalue weighted by molar-refractivity contribution is 0.0825. The highest BCUT2D eigenvalue weighted by atomic mass is 35.5. The number of fused-ring (bicyclic) bond motifs is 2. The smallest absolute Gasteiger partial charge is 0.255 e. The van der Waals surface area contributed by atoms with Crippen LogP contribution in [0.3, 0.4) is 0 Å². The lowest BCUT2D eigenvalue weighted by Gasteiger charge is -2.39. The Bertz CT molecular complexity index is 816. The van der Waals surface area contributed by atoms with Crippen molar-refractivity contribution in [3.63, 3.8) is 0 Å². The molecular formula is C23H29ClN2O3. The molecule has 1 N–H and O–H groups in total. The van der Waals surface area contributed by atoms with Crippen molar-refractivity contribution in [2.24, 2.45) is 0 Å². The molecular weight excluding hydrogens is 388 g/mol. The van der Waals surface area contributed by atoms with E-state index in [9.17, 15) is 4.79 Å².